The molecule has 0 aromatic heterocycles. The Labute approximate surface area is 80.6 Å². The van der Waals surface area contributed by atoms with Crippen molar-refractivity contribution in [2.24, 2.45) is 0 Å². The van der Waals surface area contributed by atoms with Gasteiger partial charge in [0, 0.05) is 0 Å². The third kappa shape index (κ3) is 106. The Hall–Kier alpha value is 1.07. The van der Waals surface area contributed by atoms with Crippen LogP contribution in [0.3, 0.4) is 0 Å². The minimum absolute atomic E-state index is 0. The summed E-state index contributed by atoms with van der Waals surface area (Å²) in [6.45, 7) is 4.36. The number of hydrogen-bond acceptors (Lipinski definition) is 3. The predicted octanol–water partition coefficient (Wildman–Crippen LogP) is -2.19. The summed E-state index contributed by atoms with van der Waals surface area (Å²) in [6, 6.07) is 0. The molecule has 0 fully saturated rings. The summed E-state index contributed by atoms with van der Waals surface area (Å²) in [5, 5.41) is 0. The quantitative estimate of drug-likeness (QED) is 0.324. The molecule has 0 aromatic rings. The molecule has 3 nitrogen and oxygen atoms in total. The van der Waals surface area contributed by atoms with Gasteiger partial charge in [-0.25, -0.2) is 0 Å². The van der Waals surface area contributed by atoms with E-state index in [1.54, 1.807) is 0 Å². The third-order valence-electron chi connectivity index (χ3n) is 0.500. The van der Waals surface area contributed by atoms with Gasteiger partial charge in [-0.2, -0.15) is 0 Å². The summed E-state index contributed by atoms with van der Waals surface area (Å²) in [4.78, 5) is 0. The average molecular weight is 161 g/mol. The van der Waals surface area contributed by atoms with Crippen molar-refractivity contribution < 1.29 is 42.9 Å². The van der Waals surface area contributed by atoms with Gasteiger partial charge in [-0.15, -0.1) is 11.4 Å². The maximum atomic E-state index is 8.44. The van der Waals surface area contributed by atoms with E-state index in [1.807, 2.05) is 0 Å². The first kappa shape index (κ1) is 16.6. The van der Waals surface area contributed by atoms with Crippen LogP contribution in [0.5, 0.6) is 0 Å². The maximum absolute atomic E-state index is 8.44. The summed E-state index contributed by atoms with van der Waals surface area (Å²) in [5.74, 6) is 0. The molecule has 0 saturated carbocycles. The van der Waals surface area contributed by atoms with Crippen LogP contribution in [0.25, 0.3) is 0 Å². The molecule has 0 aliphatic rings. The van der Waals surface area contributed by atoms with Crippen molar-refractivity contribution in [3.05, 3.63) is 0 Å². The number of unbranched alkanes of at least 4 members (excludes halogenated alkanes) is 1. The summed E-state index contributed by atoms with van der Waals surface area (Å²) in [7, 11) is 0. The summed E-state index contributed by atoms with van der Waals surface area (Å²) < 4.78 is 25.3. The van der Waals surface area contributed by atoms with Gasteiger partial charge in [0.2, 0.25) is 0 Å². The van der Waals surface area contributed by atoms with Crippen LogP contribution < -0.4 is 29.6 Å². The van der Waals surface area contributed by atoms with Crippen LogP contribution >= 0.6 is 0 Å². The molecule has 9 heavy (non-hydrogen) atoms. The molecule has 0 spiro atoms. The Bertz CT molecular complexity index is 53.8. The molecule has 0 aliphatic heterocycles. The van der Waals surface area contributed by atoms with Crippen LogP contribution in [0.15, 0.2) is 0 Å². The van der Waals surface area contributed by atoms with E-state index in [4.69, 9.17) is 13.3 Å². The fourth-order valence-electron chi connectivity index (χ4n) is 0. The Morgan fingerprint density at radius 3 is 1.33 bits per heavy atom. The smallest absolute Gasteiger partial charge is 0.784 e. The molecule has 0 aliphatic carbocycles. The number of rotatable bonds is 1. The fraction of sp³-hybridized carbons (Fsp3) is 1.00. The maximum Gasteiger partial charge on any atom is 1.00 e. The van der Waals surface area contributed by atoms with E-state index in [-0.39, 0.29) is 29.6 Å². The minimum Gasteiger partial charge on any atom is -0.784 e. The van der Waals surface area contributed by atoms with E-state index in [9.17, 15) is 0 Å². The van der Waals surface area contributed by atoms with Crippen molar-refractivity contribution in [3.8, 4) is 0 Å². The third-order valence-corrected chi connectivity index (χ3v) is 0.500. The molecular formula is C4H10NaO3S-. The van der Waals surface area contributed by atoms with Crippen molar-refractivity contribution >= 4 is 11.4 Å². The summed E-state index contributed by atoms with van der Waals surface area (Å²) in [5.41, 5.74) is 0. The molecular weight excluding hydrogens is 151 g/mol. The van der Waals surface area contributed by atoms with Gasteiger partial charge in [0.1, 0.15) is 0 Å². The number of hydrogen-bond donors (Lipinski definition) is 0. The Kier molecular flexibility index (Phi) is 29.5. The Morgan fingerprint density at radius 2 is 1.33 bits per heavy atom. The zero-order valence-electron chi connectivity index (χ0n) is 6.05. The zero-order valence-corrected chi connectivity index (χ0v) is 8.86. The van der Waals surface area contributed by atoms with Gasteiger partial charge in [-0.3, -0.25) is 4.21 Å². The zero-order chi connectivity index (χ0) is 6.99. The van der Waals surface area contributed by atoms with E-state index in [0.717, 1.165) is 0 Å². The molecule has 0 radical (unpaired) electrons. The van der Waals surface area contributed by atoms with E-state index in [1.165, 1.54) is 12.8 Å². The first-order valence-corrected chi connectivity index (χ1v) is 3.41. The van der Waals surface area contributed by atoms with Gasteiger partial charge >= 0.3 is 29.6 Å². The monoisotopic (exact) mass is 161 g/mol. The van der Waals surface area contributed by atoms with Crippen molar-refractivity contribution in [2.45, 2.75) is 26.7 Å². The molecule has 0 atom stereocenters. The first-order chi connectivity index (χ1) is 3.65. The Morgan fingerprint density at radius 1 is 1.22 bits per heavy atom. The molecule has 0 amide bonds. The predicted molar refractivity (Wildman–Crippen MR) is 30.3 cm³/mol. The molecule has 0 bridgehead atoms. The van der Waals surface area contributed by atoms with Gasteiger partial charge in [-0.05, 0) is 0 Å². The summed E-state index contributed by atoms with van der Waals surface area (Å²) >= 11 is -3.11. The van der Waals surface area contributed by atoms with Crippen LogP contribution in [0.4, 0.5) is 0 Å². The second-order valence-electron chi connectivity index (χ2n) is 1.20. The van der Waals surface area contributed by atoms with Gasteiger partial charge in [0.25, 0.3) is 0 Å². The standard InChI is InChI=1S/C4H10.Na.H2O3S/c1-3-4-2;;1-4(2)3/h3-4H2,1-2H3;;(H2,1,2,3)/q;+1;/p-2. The second kappa shape index (κ2) is 16.0. The van der Waals surface area contributed by atoms with Crippen LogP contribution in [-0.4, -0.2) is 13.3 Å². The molecule has 0 heterocycles. The Balaban J connectivity index is -0.0000000720. The molecule has 52 valence electrons. The van der Waals surface area contributed by atoms with Crippen LogP contribution in [0.2, 0.25) is 0 Å². The van der Waals surface area contributed by atoms with Crippen LogP contribution in [0.1, 0.15) is 26.7 Å². The molecule has 0 unspecified atom stereocenters. The SMILES string of the molecule is CCCC.O=S([O-])[O-].[Na+]. The average Bonchev–Trinajstić information content (AvgIpc) is 1.65. The molecule has 0 aromatic carbocycles. The van der Waals surface area contributed by atoms with Crippen molar-refractivity contribution in [3.63, 3.8) is 0 Å². The van der Waals surface area contributed by atoms with Crippen molar-refractivity contribution in [2.75, 3.05) is 0 Å². The van der Waals surface area contributed by atoms with E-state index in [0.29, 0.717) is 0 Å². The van der Waals surface area contributed by atoms with Crippen LogP contribution in [-0.2, 0) is 11.4 Å². The minimum atomic E-state index is -3.11. The largest absolute Gasteiger partial charge is 1.00 e. The van der Waals surface area contributed by atoms with Gasteiger partial charge in [0.15, 0.2) is 0 Å². The van der Waals surface area contributed by atoms with Gasteiger partial charge in [-0.1, -0.05) is 26.7 Å². The topological polar surface area (TPSA) is 63.2 Å². The second-order valence-corrected chi connectivity index (χ2v) is 1.61. The van der Waals surface area contributed by atoms with Crippen molar-refractivity contribution in [1.82, 2.24) is 0 Å². The van der Waals surface area contributed by atoms with Gasteiger partial charge < -0.3 is 9.11 Å². The van der Waals surface area contributed by atoms with E-state index >= 15 is 0 Å². The molecule has 0 rings (SSSR count). The fourth-order valence-corrected chi connectivity index (χ4v) is 0. The molecule has 0 N–H and O–H groups in total. The first-order valence-electron chi connectivity index (χ1n) is 2.41. The molecule has 5 heteroatoms. The normalized spacial score (nSPS) is 7.22. The van der Waals surface area contributed by atoms with E-state index < -0.39 is 11.4 Å². The van der Waals surface area contributed by atoms with E-state index in [2.05, 4.69) is 13.8 Å². The molecule has 0 saturated heterocycles. The van der Waals surface area contributed by atoms with Crippen LogP contribution in [0, 0.1) is 0 Å². The summed E-state index contributed by atoms with van der Waals surface area (Å²) in [6.07, 6.45) is 2.64. The van der Waals surface area contributed by atoms with Gasteiger partial charge in [0.05, 0.1) is 0 Å². The van der Waals surface area contributed by atoms with Crippen molar-refractivity contribution in [1.29, 1.82) is 0 Å².